The predicted molar refractivity (Wildman–Crippen MR) is 120 cm³/mol. The molecule has 0 unspecified atom stereocenters. The molecule has 1 aliphatic heterocycles. The van der Waals surface area contributed by atoms with E-state index in [1.165, 1.54) is 22.7 Å². The number of nitrogens with zero attached hydrogens (tertiary/aromatic N) is 2. The first kappa shape index (κ1) is 20.5. The molecule has 3 aromatic rings. The smallest absolute Gasteiger partial charge is 0.335 e. The normalized spacial score (nSPS) is 16.3. The minimum Gasteiger partial charge on any atom is -0.497 e. The number of benzene rings is 2. The zero-order chi connectivity index (χ0) is 22.0. The Morgan fingerprint density at radius 3 is 2.65 bits per heavy atom. The number of rotatable bonds is 5. The number of ether oxygens (including phenoxy) is 1. The average molecular weight is 434 g/mol. The lowest BCUT2D eigenvalue weighted by Crippen LogP contribution is -2.23. The van der Waals surface area contributed by atoms with E-state index < -0.39 is 5.97 Å². The molecule has 4 rings (SSSR count). The summed E-state index contributed by atoms with van der Waals surface area (Å²) >= 11 is 1.26. The number of likely N-dealkylation sites (N-methyl/N-ethyl adjacent to an activating group) is 1. The number of aromatic carboxylic acids is 1. The number of amidine groups is 1. The molecule has 0 spiro atoms. The van der Waals surface area contributed by atoms with Crippen molar-refractivity contribution in [1.29, 1.82) is 0 Å². The second kappa shape index (κ2) is 8.53. The summed E-state index contributed by atoms with van der Waals surface area (Å²) in [5.41, 5.74) is 1.54. The molecule has 8 heteroatoms. The fourth-order valence-corrected chi connectivity index (χ4v) is 3.91. The molecule has 0 aliphatic carbocycles. The zero-order valence-corrected chi connectivity index (χ0v) is 17.6. The Bertz CT molecular complexity index is 1210. The SMILES string of the molecule is COc1ccc(N=C2S/C(=C\c3ccc(-c4cccc(C(=O)O)c4)o3)C(=O)N2C)cc1. The first-order valence-corrected chi connectivity index (χ1v) is 10.1. The Kier molecular flexibility index (Phi) is 5.64. The molecule has 1 amide bonds. The van der Waals surface area contributed by atoms with Gasteiger partial charge >= 0.3 is 5.97 Å². The fraction of sp³-hybridized carbons (Fsp3) is 0.0870. The molecule has 1 aromatic heterocycles. The lowest BCUT2D eigenvalue weighted by molar-refractivity contribution is -0.121. The average Bonchev–Trinajstić information content (AvgIpc) is 3.35. The van der Waals surface area contributed by atoms with Crippen molar-refractivity contribution in [3.63, 3.8) is 0 Å². The van der Waals surface area contributed by atoms with Crippen LogP contribution in [0.3, 0.4) is 0 Å². The van der Waals surface area contributed by atoms with Crippen molar-refractivity contribution in [1.82, 2.24) is 4.90 Å². The lowest BCUT2D eigenvalue weighted by Gasteiger charge is -2.07. The molecule has 156 valence electrons. The minimum atomic E-state index is -1.00. The van der Waals surface area contributed by atoms with E-state index in [1.54, 1.807) is 62.7 Å². The summed E-state index contributed by atoms with van der Waals surface area (Å²) in [5, 5.41) is 9.72. The van der Waals surface area contributed by atoms with E-state index >= 15 is 0 Å². The third-order valence-electron chi connectivity index (χ3n) is 4.59. The third kappa shape index (κ3) is 4.39. The molecule has 0 bridgehead atoms. The van der Waals surface area contributed by atoms with Crippen molar-refractivity contribution in [3.05, 3.63) is 76.9 Å². The summed E-state index contributed by atoms with van der Waals surface area (Å²) in [4.78, 5) is 30.3. The summed E-state index contributed by atoms with van der Waals surface area (Å²) in [6, 6.07) is 17.2. The van der Waals surface area contributed by atoms with Crippen molar-refractivity contribution < 1.29 is 23.8 Å². The highest BCUT2D eigenvalue weighted by atomic mass is 32.2. The fourth-order valence-electron chi connectivity index (χ4n) is 2.94. The van der Waals surface area contributed by atoms with Gasteiger partial charge in [0, 0.05) is 18.7 Å². The number of carboxylic acids is 1. The Hall–Kier alpha value is -3.78. The van der Waals surface area contributed by atoms with Crippen molar-refractivity contribution >= 4 is 40.6 Å². The molecule has 7 nitrogen and oxygen atoms in total. The van der Waals surface area contributed by atoms with Crippen LogP contribution in [0.4, 0.5) is 5.69 Å². The molecule has 1 fully saturated rings. The summed E-state index contributed by atoms with van der Waals surface area (Å²) in [6.07, 6.45) is 1.66. The van der Waals surface area contributed by atoms with Crippen LogP contribution in [0.5, 0.6) is 5.75 Å². The highest BCUT2D eigenvalue weighted by Crippen LogP contribution is 2.34. The quantitative estimate of drug-likeness (QED) is 0.575. The van der Waals surface area contributed by atoms with Gasteiger partial charge in [-0.1, -0.05) is 12.1 Å². The molecule has 1 aliphatic rings. The second-order valence-electron chi connectivity index (χ2n) is 6.66. The van der Waals surface area contributed by atoms with Gasteiger partial charge in [-0.15, -0.1) is 0 Å². The molecule has 31 heavy (non-hydrogen) atoms. The van der Waals surface area contributed by atoms with E-state index in [0.717, 1.165) is 5.75 Å². The van der Waals surface area contributed by atoms with Gasteiger partial charge in [0.1, 0.15) is 17.3 Å². The van der Waals surface area contributed by atoms with Crippen LogP contribution in [0.2, 0.25) is 0 Å². The Morgan fingerprint density at radius 1 is 1.16 bits per heavy atom. The van der Waals surface area contributed by atoms with E-state index in [0.29, 0.717) is 32.8 Å². The number of thioether (sulfide) groups is 1. The van der Waals surface area contributed by atoms with Crippen LogP contribution in [0.1, 0.15) is 16.1 Å². The monoisotopic (exact) mass is 434 g/mol. The largest absolute Gasteiger partial charge is 0.497 e. The van der Waals surface area contributed by atoms with Gasteiger partial charge in [-0.2, -0.15) is 0 Å². The topological polar surface area (TPSA) is 92.3 Å². The number of hydrogen-bond acceptors (Lipinski definition) is 6. The van der Waals surface area contributed by atoms with Crippen molar-refractivity contribution in [2.45, 2.75) is 0 Å². The third-order valence-corrected chi connectivity index (χ3v) is 5.66. The maximum Gasteiger partial charge on any atom is 0.335 e. The Morgan fingerprint density at radius 2 is 1.94 bits per heavy atom. The second-order valence-corrected chi connectivity index (χ2v) is 7.66. The molecule has 0 atom stereocenters. The zero-order valence-electron chi connectivity index (χ0n) is 16.7. The summed E-state index contributed by atoms with van der Waals surface area (Å²) in [7, 11) is 3.27. The first-order chi connectivity index (χ1) is 14.9. The van der Waals surface area contributed by atoms with Gasteiger partial charge in [0.2, 0.25) is 0 Å². The van der Waals surface area contributed by atoms with Gasteiger partial charge in [-0.3, -0.25) is 9.69 Å². The van der Waals surface area contributed by atoms with Crippen LogP contribution >= 0.6 is 11.8 Å². The van der Waals surface area contributed by atoms with Gasteiger partial charge in [0.15, 0.2) is 5.17 Å². The van der Waals surface area contributed by atoms with Crippen LogP contribution < -0.4 is 4.74 Å². The predicted octanol–water partition coefficient (Wildman–Crippen LogP) is 4.89. The number of aliphatic imine (C=N–C) groups is 1. The highest BCUT2D eigenvalue weighted by Gasteiger charge is 2.30. The van der Waals surface area contributed by atoms with E-state index in [9.17, 15) is 9.59 Å². The van der Waals surface area contributed by atoms with Crippen LogP contribution in [-0.2, 0) is 4.79 Å². The van der Waals surface area contributed by atoms with Crippen LogP contribution in [-0.4, -0.2) is 41.2 Å². The minimum absolute atomic E-state index is 0.177. The molecule has 0 radical (unpaired) electrons. The molecule has 2 aromatic carbocycles. The van der Waals surface area contributed by atoms with Crippen LogP contribution in [0, 0.1) is 0 Å². The number of methoxy groups -OCH3 is 1. The Labute approximate surface area is 182 Å². The molecule has 1 saturated heterocycles. The number of amides is 1. The standard InChI is InChI=1S/C23H18N2O5S/c1-25-21(26)20(31-23(25)24-16-6-8-17(29-2)9-7-16)13-18-10-11-19(30-18)14-4-3-5-15(12-14)22(27)28/h3-13H,1-2H3,(H,27,28)/b20-13-,24-23?. The number of carboxylic acid groups (broad SMARTS) is 1. The van der Waals surface area contributed by atoms with Gasteiger partial charge in [-0.05, 0) is 60.3 Å². The summed E-state index contributed by atoms with van der Waals surface area (Å²) in [6.45, 7) is 0. The molecular formula is C23H18N2O5S. The van der Waals surface area contributed by atoms with Gasteiger partial charge < -0.3 is 14.3 Å². The number of carbonyl (C=O) groups excluding carboxylic acids is 1. The Balaban J connectivity index is 1.56. The van der Waals surface area contributed by atoms with Gasteiger partial charge in [-0.25, -0.2) is 9.79 Å². The summed E-state index contributed by atoms with van der Waals surface area (Å²) in [5.74, 6) is 0.561. The highest BCUT2D eigenvalue weighted by molar-refractivity contribution is 8.18. The van der Waals surface area contributed by atoms with Gasteiger partial charge in [0.05, 0.1) is 23.3 Å². The number of carbonyl (C=O) groups is 2. The van der Waals surface area contributed by atoms with E-state index in [-0.39, 0.29) is 11.5 Å². The van der Waals surface area contributed by atoms with Crippen molar-refractivity contribution in [2.24, 2.45) is 4.99 Å². The van der Waals surface area contributed by atoms with E-state index in [4.69, 9.17) is 14.3 Å². The molecular weight excluding hydrogens is 416 g/mol. The van der Waals surface area contributed by atoms with E-state index in [2.05, 4.69) is 4.99 Å². The van der Waals surface area contributed by atoms with Crippen molar-refractivity contribution in [3.8, 4) is 17.1 Å². The van der Waals surface area contributed by atoms with Crippen molar-refractivity contribution in [2.75, 3.05) is 14.2 Å². The van der Waals surface area contributed by atoms with Crippen LogP contribution in [0.15, 0.2) is 75.0 Å². The maximum absolute atomic E-state index is 12.6. The maximum atomic E-state index is 12.6. The molecule has 2 heterocycles. The first-order valence-electron chi connectivity index (χ1n) is 9.28. The summed E-state index contributed by atoms with van der Waals surface area (Å²) < 4.78 is 11.0. The number of furan rings is 1. The number of hydrogen-bond donors (Lipinski definition) is 1. The van der Waals surface area contributed by atoms with Crippen LogP contribution in [0.25, 0.3) is 17.4 Å². The lowest BCUT2D eigenvalue weighted by atomic mass is 10.1. The molecule has 1 N–H and O–H groups in total. The molecule has 0 saturated carbocycles. The van der Waals surface area contributed by atoms with E-state index in [1.807, 2.05) is 12.1 Å². The van der Waals surface area contributed by atoms with Gasteiger partial charge in [0.25, 0.3) is 5.91 Å².